The summed E-state index contributed by atoms with van der Waals surface area (Å²) in [5.74, 6) is 0.352. The molecule has 0 atom stereocenters. The second-order valence-corrected chi connectivity index (χ2v) is 7.42. The maximum Gasteiger partial charge on any atom is 0.272 e. The number of anilines is 2. The molecule has 1 amide bonds. The van der Waals surface area contributed by atoms with E-state index in [1.54, 1.807) is 12.1 Å². The van der Waals surface area contributed by atoms with Gasteiger partial charge in [-0.2, -0.15) is 0 Å². The van der Waals surface area contributed by atoms with Gasteiger partial charge >= 0.3 is 0 Å². The Morgan fingerprint density at radius 1 is 0.889 bits per heavy atom. The number of hydrogen-bond donors (Lipinski definition) is 2. The van der Waals surface area contributed by atoms with E-state index >= 15 is 0 Å². The van der Waals surface area contributed by atoms with E-state index in [-0.39, 0.29) is 11.3 Å². The fraction of sp³-hybridized carbons (Fsp3) is 0.227. The number of carbonyl (C=O) groups excluding carboxylic acids is 1. The Kier molecular flexibility index (Phi) is 5.50. The molecule has 138 valence electrons. The van der Waals surface area contributed by atoms with Crippen molar-refractivity contribution in [2.45, 2.75) is 32.7 Å². The molecule has 0 radical (unpaired) electrons. The minimum Gasteiger partial charge on any atom is -0.347 e. The molecule has 0 bridgehead atoms. The molecule has 0 saturated carbocycles. The summed E-state index contributed by atoms with van der Waals surface area (Å²) in [6.45, 7) is 7.01. The maximum absolute atomic E-state index is 12.2. The number of rotatable bonds is 5. The van der Waals surface area contributed by atoms with E-state index in [4.69, 9.17) is 0 Å². The number of hydrogen-bond acceptors (Lipinski definition) is 4. The van der Waals surface area contributed by atoms with Crippen LogP contribution < -0.4 is 10.6 Å². The molecule has 5 nitrogen and oxygen atoms in total. The van der Waals surface area contributed by atoms with E-state index < -0.39 is 0 Å². The van der Waals surface area contributed by atoms with E-state index in [2.05, 4.69) is 53.7 Å². The molecule has 5 heteroatoms. The van der Waals surface area contributed by atoms with Crippen LogP contribution in [-0.2, 0) is 12.0 Å². The van der Waals surface area contributed by atoms with Crippen molar-refractivity contribution in [2.75, 3.05) is 5.32 Å². The molecule has 3 aromatic rings. The van der Waals surface area contributed by atoms with Crippen molar-refractivity contribution in [3.63, 3.8) is 0 Å². The fourth-order valence-electron chi connectivity index (χ4n) is 2.59. The van der Waals surface area contributed by atoms with Crippen molar-refractivity contribution in [1.82, 2.24) is 15.5 Å². The predicted molar refractivity (Wildman–Crippen MR) is 108 cm³/mol. The zero-order valence-corrected chi connectivity index (χ0v) is 15.9. The Balaban J connectivity index is 1.59. The van der Waals surface area contributed by atoms with Crippen molar-refractivity contribution in [1.29, 1.82) is 0 Å². The molecule has 1 aromatic heterocycles. The lowest BCUT2D eigenvalue weighted by Gasteiger charge is -2.19. The Morgan fingerprint density at radius 3 is 2.19 bits per heavy atom. The molecule has 3 rings (SSSR count). The summed E-state index contributed by atoms with van der Waals surface area (Å²) in [6, 6.07) is 21.4. The van der Waals surface area contributed by atoms with Crippen molar-refractivity contribution < 1.29 is 4.79 Å². The molecular weight excluding hydrogens is 336 g/mol. The lowest BCUT2D eigenvalue weighted by Crippen LogP contribution is -2.24. The van der Waals surface area contributed by atoms with Crippen LogP contribution >= 0.6 is 0 Å². The van der Waals surface area contributed by atoms with Gasteiger partial charge in [-0.3, -0.25) is 4.79 Å². The third-order valence-electron chi connectivity index (χ3n) is 4.22. The Bertz CT molecular complexity index is 882. The molecule has 2 N–H and O–H groups in total. The molecule has 0 aliphatic heterocycles. The normalized spacial score (nSPS) is 11.1. The molecular formula is C22H24N4O. The monoisotopic (exact) mass is 360 g/mol. The van der Waals surface area contributed by atoms with E-state index in [9.17, 15) is 4.79 Å². The minimum absolute atomic E-state index is 0.118. The molecule has 0 saturated heterocycles. The first-order chi connectivity index (χ1) is 12.9. The lowest BCUT2D eigenvalue weighted by atomic mass is 9.87. The fourth-order valence-corrected chi connectivity index (χ4v) is 2.59. The zero-order chi connectivity index (χ0) is 19.3. The standard InChI is InChI=1S/C22H24N4O/c1-22(2,3)17-9-11-18(12-10-17)24-20-14-13-19(25-26-20)21(27)23-15-16-7-5-4-6-8-16/h4-14H,15H2,1-3H3,(H,23,27)(H,24,26). The van der Waals surface area contributed by atoms with Gasteiger partial charge in [-0.25, -0.2) is 0 Å². The van der Waals surface area contributed by atoms with Crippen LogP contribution in [0.2, 0.25) is 0 Å². The van der Waals surface area contributed by atoms with Crippen LogP contribution in [0.1, 0.15) is 42.4 Å². The number of aromatic nitrogens is 2. The maximum atomic E-state index is 12.2. The van der Waals surface area contributed by atoms with Gasteiger partial charge < -0.3 is 10.6 Å². The Labute approximate surface area is 159 Å². The van der Waals surface area contributed by atoms with Crippen LogP contribution in [0.15, 0.2) is 66.7 Å². The average molecular weight is 360 g/mol. The van der Waals surface area contributed by atoms with Crippen LogP contribution in [0.4, 0.5) is 11.5 Å². The summed E-state index contributed by atoms with van der Waals surface area (Å²) in [4.78, 5) is 12.2. The van der Waals surface area contributed by atoms with Crippen molar-refractivity contribution in [3.8, 4) is 0 Å². The minimum atomic E-state index is -0.243. The van der Waals surface area contributed by atoms with Gasteiger partial charge in [0.15, 0.2) is 11.5 Å². The first-order valence-electron chi connectivity index (χ1n) is 8.95. The van der Waals surface area contributed by atoms with Crippen molar-refractivity contribution in [3.05, 3.63) is 83.6 Å². The Hall–Kier alpha value is -3.21. The van der Waals surface area contributed by atoms with E-state index in [1.165, 1.54) is 5.56 Å². The number of nitrogens with one attached hydrogen (secondary N) is 2. The molecule has 2 aromatic carbocycles. The molecule has 27 heavy (non-hydrogen) atoms. The topological polar surface area (TPSA) is 66.9 Å². The summed E-state index contributed by atoms with van der Waals surface area (Å²) in [5.41, 5.74) is 3.64. The number of nitrogens with zero attached hydrogens (tertiary/aromatic N) is 2. The highest BCUT2D eigenvalue weighted by Gasteiger charge is 2.13. The molecule has 0 unspecified atom stereocenters. The molecule has 0 spiro atoms. The highest BCUT2D eigenvalue weighted by atomic mass is 16.1. The number of benzene rings is 2. The third kappa shape index (κ3) is 5.14. The Morgan fingerprint density at radius 2 is 1.59 bits per heavy atom. The van der Waals surface area contributed by atoms with Gasteiger partial charge in [0.25, 0.3) is 5.91 Å². The van der Waals surface area contributed by atoms with E-state index in [0.29, 0.717) is 18.1 Å². The lowest BCUT2D eigenvalue weighted by molar-refractivity contribution is 0.0945. The second kappa shape index (κ2) is 7.99. The molecule has 0 aliphatic rings. The molecule has 1 heterocycles. The summed E-state index contributed by atoms with van der Waals surface area (Å²) < 4.78 is 0. The first kappa shape index (κ1) is 18.6. The van der Waals surface area contributed by atoms with Gasteiger partial charge in [0, 0.05) is 12.2 Å². The highest BCUT2D eigenvalue weighted by molar-refractivity contribution is 5.92. The van der Waals surface area contributed by atoms with Gasteiger partial charge in [-0.15, -0.1) is 10.2 Å². The van der Waals surface area contributed by atoms with Gasteiger partial charge in [0.1, 0.15) is 0 Å². The van der Waals surface area contributed by atoms with Gasteiger partial charge in [0.05, 0.1) is 0 Å². The van der Waals surface area contributed by atoms with Gasteiger partial charge in [-0.05, 0) is 40.8 Å². The van der Waals surface area contributed by atoms with Crippen LogP contribution in [0.5, 0.6) is 0 Å². The molecule has 0 aliphatic carbocycles. The summed E-state index contributed by atoms with van der Waals surface area (Å²) in [6.07, 6.45) is 0. The van der Waals surface area contributed by atoms with Crippen molar-refractivity contribution in [2.24, 2.45) is 0 Å². The van der Waals surface area contributed by atoms with Crippen molar-refractivity contribution >= 4 is 17.4 Å². The van der Waals surface area contributed by atoms with Crippen LogP contribution in [-0.4, -0.2) is 16.1 Å². The zero-order valence-electron chi connectivity index (χ0n) is 15.9. The number of amides is 1. The highest BCUT2D eigenvalue weighted by Crippen LogP contribution is 2.24. The summed E-state index contributed by atoms with van der Waals surface area (Å²) in [5, 5.41) is 14.2. The van der Waals surface area contributed by atoms with Gasteiger partial charge in [0.2, 0.25) is 0 Å². The smallest absolute Gasteiger partial charge is 0.272 e. The van der Waals surface area contributed by atoms with Crippen LogP contribution in [0.3, 0.4) is 0 Å². The van der Waals surface area contributed by atoms with Gasteiger partial charge in [-0.1, -0.05) is 63.2 Å². The molecule has 0 fully saturated rings. The first-order valence-corrected chi connectivity index (χ1v) is 8.95. The number of carbonyl (C=O) groups is 1. The SMILES string of the molecule is CC(C)(C)c1ccc(Nc2ccc(C(=O)NCc3ccccc3)nn2)cc1. The van der Waals surface area contributed by atoms with Crippen LogP contribution in [0.25, 0.3) is 0 Å². The average Bonchev–Trinajstić information content (AvgIpc) is 2.67. The third-order valence-corrected chi connectivity index (χ3v) is 4.22. The summed E-state index contributed by atoms with van der Waals surface area (Å²) in [7, 11) is 0. The van der Waals surface area contributed by atoms with Crippen LogP contribution in [0, 0.1) is 0 Å². The largest absolute Gasteiger partial charge is 0.347 e. The van der Waals surface area contributed by atoms with E-state index in [0.717, 1.165) is 11.3 Å². The second-order valence-electron chi connectivity index (χ2n) is 7.42. The quantitative estimate of drug-likeness (QED) is 0.705. The summed E-state index contributed by atoms with van der Waals surface area (Å²) >= 11 is 0. The van der Waals surface area contributed by atoms with E-state index in [1.807, 2.05) is 42.5 Å². The predicted octanol–water partition coefficient (Wildman–Crippen LogP) is 4.45.